The lowest BCUT2D eigenvalue weighted by atomic mass is 9.72. The fourth-order valence-electron chi connectivity index (χ4n) is 6.38. The minimum Gasteiger partial charge on any atom is -0.449 e. The van der Waals surface area contributed by atoms with Crippen molar-refractivity contribution in [3.8, 4) is 0 Å². The van der Waals surface area contributed by atoms with Crippen LogP contribution in [0.2, 0.25) is 5.02 Å². The first-order valence-electron chi connectivity index (χ1n) is 15.6. The van der Waals surface area contributed by atoms with Crippen LogP contribution in [0.5, 0.6) is 0 Å². The molecule has 0 bridgehead atoms. The predicted molar refractivity (Wildman–Crippen MR) is 170 cm³/mol. The van der Waals surface area contributed by atoms with Crippen molar-refractivity contribution in [2.45, 2.75) is 63.7 Å². The fourth-order valence-corrected chi connectivity index (χ4v) is 6.55. The van der Waals surface area contributed by atoms with Gasteiger partial charge in [0, 0.05) is 37.3 Å². The van der Waals surface area contributed by atoms with Crippen LogP contribution >= 0.6 is 11.6 Å². The molecule has 2 aliphatic carbocycles. The highest BCUT2D eigenvalue weighted by Gasteiger charge is 2.48. The maximum Gasteiger partial charge on any atom is 0.409 e. The average Bonchev–Trinajstić information content (AvgIpc) is 3.61. The number of aromatic nitrogens is 3. The quantitative estimate of drug-likeness (QED) is 0.324. The van der Waals surface area contributed by atoms with Gasteiger partial charge in [0.1, 0.15) is 11.2 Å². The van der Waals surface area contributed by atoms with E-state index in [1.165, 1.54) is 0 Å². The Morgan fingerprint density at radius 3 is 2.62 bits per heavy atom. The van der Waals surface area contributed by atoms with E-state index in [2.05, 4.69) is 10.3 Å². The number of rotatable bonds is 7. The van der Waals surface area contributed by atoms with Crippen LogP contribution in [-0.2, 0) is 22.1 Å². The Bertz CT molecular complexity index is 1620. The number of carbonyl (C=O) groups excluding carboxylic acids is 2. The SMILES string of the molecule is CC(C)COC(=O)N1CCC(C2(O)c3ccc(Cl)cc3C(C(NC(=O)OC3(C)CC3)c3cncn3C)=Cc3cccnc32)CC1. The zero-order valence-electron chi connectivity index (χ0n) is 26.1. The maximum absolute atomic E-state index is 13.3. The normalized spacial score (nSPS) is 21.2. The summed E-state index contributed by atoms with van der Waals surface area (Å²) in [6, 6.07) is 8.52. The summed E-state index contributed by atoms with van der Waals surface area (Å²) < 4.78 is 13.1. The minimum atomic E-state index is -1.51. The number of hydrogen-bond donors (Lipinski definition) is 2. The number of amides is 2. The number of fused-ring (bicyclic) bond motifs is 2. The van der Waals surface area contributed by atoms with Gasteiger partial charge >= 0.3 is 12.2 Å². The van der Waals surface area contributed by atoms with E-state index in [0.29, 0.717) is 60.0 Å². The number of aryl methyl sites for hydroxylation is 1. The molecule has 11 heteroatoms. The number of aliphatic hydroxyl groups is 1. The van der Waals surface area contributed by atoms with Gasteiger partial charge in [-0.25, -0.2) is 14.6 Å². The van der Waals surface area contributed by atoms with Gasteiger partial charge < -0.3 is 29.4 Å². The number of carbonyl (C=O) groups is 2. The summed E-state index contributed by atoms with van der Waals surface area (Å²) in [6.45, 7) is 7.17. The molecule has 1 aromatic carbocycles. The zero-order valence-corrected chi connectivity index (χ0v) is 26.9. The summed E-state index contributed by atoms with van der Waals surface area (Å²) in [7, 11) is 1.87. The van der Waals surface area contributed by atoms with Crippen molar-refractivity contribution >= 4 is 35.4 Å². The smallest absolute Gasteiger partial charge is 0.409 e. The fraction of sp³-hybridized carbons (Fsp3) is 0.471. The van der Waals surface area contributed by atoms with E-state index in [0.717, 1.165) is 24.1 Å². The molecule has 2 fully saturated rings. The number of nitrogens with zero attached hydrogens (tertiary/aromatic N) is 4. The van der Waals surface area contributed by atoms with Crippen molar-refractivity contribution < 1.29 is 24.2 Å². The highest BCUT2D eigenvalue weighted by atomic mass is 35.5. The molecular formula is C34H40ClN5O5. The number of piperidine rings is 1. The predicted octanol–water partition coefficient (Wildman–Crippen LogP) is 6.08. The molecule has 1 aliphatic heterocycles. The molecule has 2 N–H and O–H groups in total. The van der Waals surface area contributed by atoms with Crippen LogP contribution in [0, 0.1) is 11.8 Å². The molecule has 10 nitrogen and oxygen atoms in total. The molecule has 6 rings (SSSR count). The second kappa shape index (κ2) is 12.1. The van der Waals surface area contributed by atoms with Crippen molar-refractivity contribution in [1.82, 2.24) is 24.8 Å². The molecule has 3 heterocycles. The van der Waals surface area contributed by atoms with Crippen molar-refractivity contribution in [2.24, 2.45) is 18.9 Å². The van der Waals surface area contributed by atoms with Gasteiger partial charge in [0.15, 0.2) is 0 Å². The third-order valence-electron chi connectivity index (χ3n) is 9.11. The number of hydrogen-bond acceptors (Lipinski definition) is 7. The third kappa shape index (κ3) is 6.18. The number of pyridine rings is 1. The molecule has 2 aromatic heterocycles. The van der Waals surface area contributed by atoms with Gasteiger partial charge in [-0.1, -0.05) is 37.6 Å². The van der Waals surface area contributed by atoms with Gasteiger partial charge in [0.2, 0.25) is 0 Å². The minimum absolute atomic E-state index is 0.245. The molecule has 2 unspecified atom stereocenters. The lowest BCUT2D eigenvalue weighted by Crippen LogP contribution is -2.47. The van der Waals surface area contributed by atoms with E-state index in [9.17, 15) is 14.7 Å². The monoisotopic (exact) mass is 633 g/mol. The lowest BCUT2D eigenvalue weighted by molar-refractivity contribution is -0.0182. The van der Waals surface area contributed by atoms with E-state index in [-0.39, 0.29) is 17.9 Å². The first-order chi connectivity index (χ1) is 21.5. The Labute approximate surface area is 268 Å². The largest absolute Gasteiger partial charge is 0.449 e. The summed E-state index contributed by atoms with van der Waals surface area (Å²) >= 11 is 6.64. The van der Waals surface area contributed by atoms with Crippen LogP contribution in [0.3, 0.4) is 0 Å². The van der Waals surface area contributed by atoms with Crippen molar-refractivity contribution in [1.29, 1.82) is 0 Å². The van der Waals surface area contributed by atoms with Crippen molar-refractivity contribution in [2.75, 3.05) is 19.7 Å². The molecule has 2 amide bonds. The Hall–Kier alpha value is -3.89. The molecule has 3 aliphatic rings. The molecule has 3 aromatic rings. The Kier molecular flexibility index (Phi) is 8.39. The van der Waals surface area contributed by atoms with Crippen LogP contribution in [0.15, 0.2) is 49.1 Å². The molecule has 0 radical (unpaired) electrons. The van der Waals surface area contributed by atoms with E-state index in [1.807, 2.05) is 62.7 Å². The molecule has 1 saturated carbocycles. The topological polar surface area (TPSA) is 119 Å². The van der Waals surface area contributed by atoms with Crippen LogP contribution in [-0.4, -0.2) is 62.0 Å². The number of ether oxygens (including phenoxy) is 2. The van der Waals surface area contributed by atoms with E-state index in [4.69, 9.17) is 26.1 Å². The number of imidazole rings is 1. The molecule has 0 spiro atoms. The van der Waals surface area contributed by atoms with Gasteiger partial charge in [-0.15, -0.1) is 0 Å². The molecule has 45 heavy (non-hydrogen) atoms. The highest BCUT2D eigenvalue weighted by Crippen LogP contribution is 2.50. The Morgan fingerprint density at radius 2 is 1.96 bits per heavy atom. The Morgan fingerprint density at radius 1 is 1.20 bits per heavy atom. The second-order valence-corrected chi connectivity index (χ2v) is 13.5. The van der Waals surface area contributed by atoms with Crippen LogP contribution < -0.4 is 5.32 Å². The molecule has 2 atom stereocenters. The average molecular weight is 634 g/mol. The van der Waals surface area contributed by atoms with Crippen LogP contribution in [0.25, 0.3) is 11.6 Å². The molecule has 1 saturated heterocycles. The van der Waals surface area contributed by atoms with E-state index in [1.54, 1.807) is 29.7 Å². The van der Waals surface area contributed by atoms with Gasteiger partial charge in [0.05, 0.1) is 36.6 Å². The van der Waals surface area contributed by atoms with Gasteiger partial charge in [-0.3, -0.25) is 4.98 Å². The van der Waals surface area contributed by atoms with Gasteiger partial charge in [-0.05, 0) is 85.1 Å². The standard InChI is InChI=1S/C34H40ClN5O5/c1-21(2)19-44-32(42)40-14-9-23(10-15-40)34(43)27-8-7-24(35)17-25(27)26(16-22-6-5-13-37-30(22)34)29(28-18-36-20-39(28)4)38-31(41)45-33(3)11-12-33/h5-8,13,16-18,20-21,23,29,43H,9-12,14-15,19H2,1-4H3,(H,38,41). The number of nitrogens with one attached hydrogen (secondary N) is 1. The number of halogens is 1. The summed E-state index contributed by atoms with van der Waals surface area (Å²) in [4.78, 5) is 36.8. The van der Waals surface area contributed by atoms with Gasteiger partial charge in [-0.2, -0.15) is 0 Å². The first-order valence-corrected chi connectivity index (χ1v) is 15.9. The highest BCUT2D eigenvalue weighted by molar-refractivity contribution is 6.30. The first kappa shape index (κ1) is 31.1. The van der Waals surface area contributed by atoms with Crippen LogP contribution in [0.1, 0.15) is 80.6 Å². The number of likely N-dealkylation sites (tertiary alicyclic amines) is 1. The maximum atomic E-state index is 13.3. The summed E-state index contributed by atoms with van der Waals surface area (Å²) in [5.41, 5.74) is 2.02. The van der Waals surface area contributed by atoms with Crippen molar-refractivity contribution in [3.05, 3.63) is 82.2 Å². The summed E-state index contributed by atoms with van der Waals surface area (Å²) in [6.07, 6.45) is 8.88. The second-order valence-electron chi connectivity index (χ2n) is 13.1. The Balaban J connectivity index is 1.42. The summed E-state index contributed by atoms with van der Waals surface area (Å²) in [5.74, 6) is -0.0232. The van der Waals surface area contributed by atoms with E-state index < -0.39 is 23.3 Å². The molecule has 238 valence electrons. The summed E-state index contributed by atoms with van der Waals surface area (Å²) in [5, 5.41) is 16.6. The van der Waals surface area contributed by atoms with Crippen LogP contribution in [0.4, 0.5) is 9.59 Å². The van der Waals surface area contributed by atoms with E-state index >= 15 is 0 Å². The molecular weight excluding hydrogens is 594 g/mol. The third-order valence-corrected chi connectivity index (χ3v) is 9.35. The lowest BCUT2D eigenvalue weighted by Gasteiger charge is -2.42. The van der Waals surface area contributed by atoms with Gasteiger partial charge in [0.25, 0.3) is 0 Å². The zero-order chi connectivity index (χ0) is 31.9. The number of benzene rings is 1. The van der Waals surface area contributed by atoms with Crippen molar-refractivity contribution in [3.63, 3.8) is 0 Å². The number of alkyl carbamates (subject to hydrolysis) is 1.